The Balaban J connectivity index is 3.50. The van der Waals surface area contributed by atoms with Gasteiger partial charge in [0.15, 0.2) is 0 Å². The van der Waals surface area contributed by atoms with Gasteiger partial charge in [0.05, 0.1) is 0 Å². The van der Waals surface area contributed by atoms with Gasteiger partial charge in [-0.25, -0.2) is 0 Å². The van der Waals surface area contributed by atoms with Crippen molar-refractivity contribution in [3.05, 3.63) is 0 Å². The molecule has 0 aliphatic carbocycles. The van der Waals surface area contributed by atoms with Crippen molar-refractivity contribution in [2.75, 3.05) is 14.2 Å². The summed E-state index contributed by atoms with van der Waals surface area (Å²) in [7, 11) is 1.87. The second-order valence-corrected chi connectivity index (χ2v) is 17.1. The van der Waals surface area contributed by atoms with Gasteiger partial charge in [0.1, 0.15) is 0 Å². The standard InChI is InChI=1S/C38H80O2Si/c1-5-7-9-11-13-15-17-19-21-23-25-27-29-31-33-35-37-41(39-3,40-4)38-36-34-32-30-28-26-24-22-20-18-16-14-12-10-8-6-2/h5-38H2,1-4H3. The van der Waals surface area contributed by atoms with Crippen LogP contribution in [0, 0.1) is 0 Å². The van der Waals surface area contributed by atoms with Crippen LogP contribution in [0.2, 0.25) is 12.1 Å². The van der Waals surface area contributed by atoms with Gasteiger partial charge in [-0.15, -0.1) is 0 Å². The van der Waals surface area contributed by atoms with Crippen LogP contribution < -0.4 is 0 Å². The lowest BCUT2D eigenvalue weighted by molar-refractivity contribution is 0.238. The first kappa shape index (κ1) is 41.1. The number of hydrogen-bond donors (Lipinski definition) is 0. The summed E-state index contributed by atoms with van der Waals surface area (Å²) in [5, 5.41) is 0. The number of unbranched alkanes of at least 4 members (excludes halogenated alkanes) is 30. The third-order valence-corrected chi connectivity index (χ3v) is 13.3. The first-order valence-corrected chi connectivity index (χ1v) is 21.6. The molecule has 0 N–H and O–H groups in total. The molecule has 0 atom stereocenters. The molecule has 0 fully saturated rings. The molecule has 0 saturated carbocycles. The van der Waals surface area contributed by atoms with Crippen LogP contribution in [0.1, 0.15) is 219 Å². The fraction of sp³-hybridized carbons (Fsp3) is 1.00. The molecular formula is C38H80O2Si. The van der Waals surface area contributed by atoms with E-state index in [1.54, 1.807) is 0 Å². The molecule has 0 rings (SSSR count). The summed E-state index contributed by atoms with van der Waals surface area (Å²) in [6, 6.07) is 2.38. The van der Waals surface area contributed by atoms with E-state index in [4.69, 9.17) is 8.85 Å². The van der Waals surface area contributed by atoms with Crippen LogP contribution in [0.15, 0.2) is 0 Å². The van der Waals surface area contributed by atoms with E-state index in [2.05, 4.69) is 13.8 Å². The third-order valence-electron chi connectivity index (χ3n) is 9.57. The van der Waals surface area contributed by atoms with Gasteiger partial charge < -0.3 is 8.85 Å². The van der Waals surface area contributed by atoms with Crippen LogP contribution in [0.25, 0.3) is 0 Å². The highest BCUT2D eigenvalue weighted by Gasteiger charge is 2.33. The first-order chi connectivity index (χ1) is 20.2. The zero-order chi connectivity index (χ0) is 30.0. The normalized spacial score (nSPS) is 12.0. The van der Waals surface area contributed by atoms with E-state index in [-0.39, 0.29) is 0 Å². The monoisotopic (exact) mass is 597 g/mol. The molecule has 0 aliphatic rings. The zero-order valence-electron chi connectivity index (χ0n) is 29.4. The lowest BCUT2D eigenvalue weighted by Gasteiger charge is -2.27. The lowest BCUT2D eigenvalue weighted by atomic mass is 10.0. The van der Waals surface area contributed by atoms with Crippen molar-refractivity contribution >= 4 is 8.56 Å². The molecule has 41 heavy (non-hydrogen) atoms. The van der Waals surface area contributed by atoms with Crippen LogP contribution in [-0.4, -0.2) is 22.8 Å². The Kier molecular flexibility index (Phi) is 34.7. The van der Waals surface area contributed by atoms with Gasteiger partial charge in [0, 0.05) is 14.2 Å². The zero-order valence-corrected chi connectivity index (χ0v) is 30.4. The molecule has 0 aliphatic heterocycles. The molecule has 0 bridgehead atoms. The van der Waals surface area contributed by atoms with E-state index < -0.39 is 8.56 Å². The van der Waals surface area contributed by atoms with Gasteiger partial charge >= 0.3 is 8.56 Å². The summed E-state index contributed by atoms with van der Waals surface area (Å²) >= 11 is 0. The molecule has 0 spiro atoms. The SMILES string of the molecule is CCCCCCCCCCCCCCCCCC[Si](CCCCCCCCCCCCCCCCCC)(OC)OC. The summed E-state index contributed by atoms with van der Waals surface area (Å²) in [5.74, 6) is 0. The number of rotatable bonds is 36. The highest BCUT2D eigenvalue weighted by molar-refractivity contribution is 6.67. The average Bonchev–Trinajstić information content (AvgIpc) is 2.99. The van der Waals surface area contributed by atoms with E-state index >= 15 is 0 Å². The quantitative estimate of drug-likeness (QED) is 0.0529. The second kappa shape index (κ2) is 34.6. The molecule has 0 amide bonds. The van der Waals surface area contributed by atoms with Crippen LogP contribution in [0.3, 0.4) is 0 Å². The van der Waals surface area contributed by atoms with E-state index in [9.17, 15) is 0 Å². The summed E-state index contributed by atoms with van der Waals surface area (Å²) in [5.41, 5.74) is 0. The number of hydrogen-bond acceptors (Lipinski definition) is 2. The molecule has 248 valence electrons. The first-order valence-electron chi connectivity index (χ1n) is 19.3. The van der Waals surface area contributed by atoms with Crippen molar-refractivity contribution in [2.24, 2.45) is 0 Å². The molecular weight excluding hydrogens is 517 g/mol. The predicted molar refractivity (Wildman–Crippen MR) is 188 cm³/mol. The van der Waals surface area contributed by atoms with Crippen molar-refractivity contribution in [1.82, 2.24) is 0 Å². The van der Waals surface area contributed by atoms with Gasteiger partial charge in [-0.05, 0) is 12.1 Å². The van der Waals surface area contributed by atoms with Gasteiger partial charge in [0.2, 0.25) is 0 Å². The van der Waals surface area contributed by atoms with Crippen molar-refractivity contribution in [1.29, 1.82) is 0 Å². The van der Waals surface area contributed by atoms with E-state index in [0.717, 1.165) is 0 Å². The van der Waals surface area contributed by atoms with Crippen LogP contribution in [0.5, 0.6) is 0 Å². The smallest absolute Gasteiger partial charge is 0.337 e. The van der Waals surface area contributed by atoms with Crippen LogP contribution in [0.4, 0.5) is 0 Å². The van der Waals surface area contributed by atoms with Gasteiger partial charge in [-0.3, -0.25) is 0 Å². The van der Waals surface area contributed by atoms with E-state index in [1.807, 2.05) is 14.2 Å². The Hall–Kier alpha value is 0.137. The molecule has 0 unspecified atom stereocenters. The molecule has 0 aromatic heterocycles. The summed E-state index contributed by atoms with van der Waals surface area (Å²) in [6.07, 6.45) is 45.7. The van der Waals surface area contributed by atoms with Gasteiger partial charge in [-0.2, -0.15) is 0 Å². The van der Waals surface area contributed by atoms with Gasteiger partial charge in [-0.1, -0.05) is 219 Å². The van der Waals surface area contributed by atoms with E-state index in [1.165, 1.54) is 218 Å². The predicted octanol–water partition coefficient (Wildman–Crippen LogP) is 14.2. The molecule has 0 heterocycles. The minimum absolute atomic E-state index is 1.19. The summed E-state index contributed by atoms with van der Waals surface area (Å²) < 4.78 is 12.1. The molecule has 3 heteroatoms. The maximum atomic E-state index is 6.05. The minimum Gasteiger partial charge on any atom is -0.398 e. The van der Waals surface area contributed by atoms with Crippen molar-refractivity contribution in [2.45, 2.75) is 231 Å². The fourth-order valence-corrected chi connectivity index (χ4v) is 9.31. The Morgan fingerprint density at radius 2 is 0.439 bits per heavy atom. The van der Waals surface area contributed by atoms with Crippen LogP contribution >= 0.6 is 0 Å². The molecule has 0 aromatic carbocycles. The summed E-state index contributed by atoms with van der Waals surface area (Å²) in [6.45, 7) is 4.61. The molecule has 0 saturated heterocycles. The van der Waals surface area contributed by atoms with Crippen molar-refractivity contribution in [3.63, 3.8) is 0 Å². The Morgan fingerprint density at radius 3 is 0.610 bits per heavy atom. The maximum Gasteiger partial charge on any atom is 0.337 e. The maximum absolute atomic E-state index is 6.05. The lowest BCUT2D eigenvalue weighted by Crippen LogP contribution is -2.39. The highest BCUT2D eigenvalue weighted by Crippen LogP contribution is 2.25. The third kappa shape index (κ3) is 30.0. The minimum atomic E-state index is -1.96. The fourth-order valence-electron chi connectivity index (χ4n) is 6.50. The molecule has 2 nitrogen and oxygen atoms in total. The Morgan fingerprint density at radius 1 is 0.268 bits per heavy atom. The second-order valence-electron chi connectivity index (χ2n) is 13.4. The average molecular weight is 597 g/mol. The Bertz CT molecular complexity index is 427. The topological polar surface area (TPSA) is 18.5 Å². The highest BCUT2D eigenvalue weighted by atomic mass is 28.4. The molecule has 0 aromatic rings. The van der Waals surface area contributed by atoms with Crippen molar-refractivity contribution in [3.8, 4) is 0 Å². The van der Waals surface area contributed by atoms with Crippen molar-refractivity contribution < 1.29 is 8.85 Å². The summed E-state index contributed by atoms with van der Waals surface area (Å²) in [4.78, 5) is 0. The van der Waals surface area contributed by atoms with Gasteiger partial charge in [0.25, 0.3) is 0 Å². The van der Waals surface area contributed by atoms with E-state index in [0.29, 0.717) is 0 Å². The van der Waals surface area contributed by atoms with Crippen LogP contribution in [-0.2, 0) is 8.85 Å². The Labute approximate surface area is 262 Å². The largest absolute Gasteiger partial charge is 0.398 e. The molecule has 0 radical (unpaired) electrons.